The minimum atomic E-state index is -0.0410. The van der Waals surface area contributed by atoms with E-state index in [1.165, 1.54) is 38.5 Å². The number of carbonyl (C=O) groups excluding carboxylic acids is 1. The zero-order valence-electron chi connectivity index (χ0n) is 12.9. The van der Waals surface area contributed by atoms with Crippen LogP contribution < -0.4 is 0 Å². The molecule has 3 heteroatoms. The first-order valence-electron chi connectivity index (χ1n) is 7.90. The maximum absolute atomic E-state index is 11.6. The van der Waals surface area contributed by atoms with Gasteiger partial charge in [-0.05, 0) is 65.1 Å². The number of likely N-dealkylation sites (N-methyl/N-ethyl adjacent to an activating group) is 1. The van der Waals surface area contributed by atoms with Crippen LogP contribution in [0.4, 0.5) is 0 Å². The van der Waals surface area contributed by atoms with Crippen molar-refractivity contribution >= 4 is 6.29 Å². The van der Waals surface area contributed by atoms with E-state index in [0.29, 0.717) is 6.04 Å². The lowest BCUT2D eigenvalue weighted by Crippen LogP contribution is -2.49. The van der Waals surface area contributed by atoms with Crippen molar-refractivity contribution in [1.29, 1.82) is 0 Å². The third kappa shape index (κ3) is 3.79. The van der Waals surface area contributed by atoms with Crippen LogP contribution in [0.3, 0.4) is 0 Å². The molecular weight excluding hydrogens is 236 g/mol. The first kappa shape index (κ1) is 15.0. The molecule has 1 unspecified atom stereocenters. The van der Waals surface area contributed by atoms with E-state index in [0.717, 1.165) is 31.8 Å². The molecule has 0 spiro atoms. The van der Waals surface area contributed by atoms with Gasteiger partial charge in [0.15, 0.2) is 0 Å². The molecule has 1 atom stereocenters. The van der Waals surface area contributed by atoms with Crippen molar-refractivity contribution in [2.45, 2.75) is 51.5 Å². The number of hydrogen-bond acceptors (Lipinski definition) is 3. The predicted octanol–water partition coefficient (Wildman–Crippen LogP) is 2.41. The molecule has 0 aromatic rings. The van der Waals surface area contributed by atoms with E-state index >= 15 is 0 Å². The molecule has 1 aliphatic heterocycles. The number of rotatable bonds is 4. The van der Waals surface area contributed by atoms with Gasteiger partial charge in [0.2, 0.25) is 0 Å². The summed E-state index contributed by atoms with van der Waals surface area (Å²) in [6.07, 6.45) is 8.50. The smallest absolute Gasteiger partial charge is 0.127 e. The van der Waals surface area contributed by atoms with Gasteiger partial charge in [0, 0.05) is 24.5 Å². The molecular formula is C16H30N2O. The Morgan fingerprint density at radius 2 is 1.95 bits per heavy atom. The molecule has 0 N–H and O–H groups in total. The summed E-state index contributed by atoms with van der Waals surface area (Å²) in [5, 5.41) is 0. The van der Waals surface area contributed by atoms with Crippen LogP contribution in [0.2, 0.25) is 0 Å². The Bertz CT molecular complexity index is 295. The zero-order chi connectivity index (χ0) is 13.9. The average Bonchev–Trinajstić information content (AvgIpc) is 2.42. The van der Waals surface area contributed by atoms with Crippen LogP contribution in [0.25, 0.3) is 0 Å². The molecule has 1 saturated carbocycles. The van der Waals surface area contributed by atoms with Gasteiger partial charge in [-0.2, -0.15) is 0 Å². The van der Waals surface area contributed by atoms with E-state index in [-0.39, 0.29) is 5.41 Å². The molecule has 19 heavy (non-hydrogen) atoms. The fourth-order valence-electron chi connectivity index (χ4n) is 3.69. The molecule has 2 fully saturated rings. The number of aldehydes is 1. The van der Waals surface area contributed by atoms with Crippen molar-refractivity contribution < 1.29 is 4.79 Å². The second-order valence-corrected chi connectivity index (χ2v) is 7.16. The molecule has 1 saturated heterocycles. The lowest BCUT2D eigenvalue weighted by atomic mass is 9.71. The van der Waals surface area contributed by atoms with E-state index in [2.05, 4.69) is 30.8 Å². The topological polar surface area (TPSA) is 23.6 Å². The van der Waals surface area contributed by atoms with Crippen molar-refractivity contribution in [2.75, 3.05) is 33.7 Å². The summed E-state index contributed by atoms with van der Waals surface area (Å²) in [7, 11) is 4.35. The van der Waals surface area contributed by atoms with E-state index in [1.54, 1.807) is 0 Å². The van der Waals surface area contributed by atoms with E-state index in [9.17, 15) is 4.79 Å². The molecule has 0 radical (unpaired) electrons. The van der Waals surface area contributed by atoms with Crippen LogP contribution in [-0.4, -0.2) is 55.9 Å². The van der Waals surface area contributed by atoms with E-state index in [4.69, 9.17) is 0 Å². The molecule has 0 bridgehead atoms. The van der Waals surface area contributed by atoms with Gasteiger partial charge in [0.1, 0.15) is 6.29 Å². The molecule has 0 aromatic heterocycles. The number of piperidine rings is 1. The Labute approximate surface area is 118 Å². The minimum absolute atomic E-state index is 0.0410. The Balaban J connectivity index is 1.92. The highest BCUT2D eigenvalue weighted by Gasteiger charge is 2.36. The third-order valence-corrected chi connectivity index (χ3v) is 5.27. The minimum Gasteiger partial charge on any atom is -0.305 e. The Hall–Kier alpha value is -0.410. The van der Waals surface area contributed by atoms with E-state index in [1.807, 2.05) is 0 Å². The summed E-state index contributed by atoms with van der Waals surface area (Å²) in [5.74, 6) is 0.809. The van der Waals surface area contributed by atoms with Crippen LogP contribution in [0.5, 0.6) is 0 Å². The van der Waals surface area contributed by atoms with Gasteiger partial charge in [-0.1, -0.05) is 6.92 Å². The van der Waals surface area contributed by atoms with Gasteiger partial charge < -0.3 is 14.6 Å². The highest BCUT2D eigenvalue weighted by molar-refractivity contribution is 5.60. The molecule has 1 heterocycles. The van der Waals surface area contributed by atoms with Crippen LogP contribution in [-0.2, 0) is 4.79 Å². The van der Waals surface area contributed by atoms with Gasteiger partial charge in [-0.15, -0.1) is 0 Å². The molecule has 2 aliphatic rings. The molecule has 110 valence electrons. The SMILES string of the molecule is CC1CCC(C=O)(CN2CCCC(N(C)C)C2)CC1. The number of carbonyl (C=O) groups is 1. The van der Waals surface area contributed by atoms with Gasteiger partial charge in [-0.25, -0.2) is 0 Å². The summed E-state index contributed by atoms with van der Waals surface area (Å²) in [5.41, 5.74) is -0.0410. The Morgan fingerprint density at radius 3 is 2.53 bits per heavy atom. The summed E-state index contributed by atoms with van der Waals surface area (Å²) >= 11 is 0. The van der Waals surface area contributed by atoms with Gasteiger partial charge >= 0.3 is 0 Å². The summed E-state index contributed by atoms with van der Waals surface area (Å²) in [6.45, 7) is 5.62. The maximum atomic E-state index is 11.6. The third-order valence-electron chi connectivity index (χ3n) is 5.27. The maximum Gasteiger partial charge on any atom is 0.127 e. The fourth-order valence-corrected chi connectivity index (χ4v) is 3.69. The first-order valence-corrected chi connectivity index (χ1v) is 7.90. The standard InChI is InChI=1S/C16H30N2O/c1-14-6-8-16(13-19,9-7-14)12-18-10-4-5-15(11-18)17(2)3/h13-15H,4-12H2,1-3H3. The van der Waals surface area contributed by atoms with Crippen molar-refractivity contribution in [3.63, 3.8) is 0 Å². The van der Waals surface area contributed by atoms with Crippen LogP contribution >= 0.6 is 0 Å². The molecule has 3 nitrogen and oxygen atoms in total. The van der Waals surface area contributed by atoms with E-state index < -0.39 is 0 Å². The summed E-state index contributed by atoms with van der Waals surface area (Å²) in [4.78, 5) is 16.5. The fraction of sp³-hybridized carbons (Fsp3) is 0.938. The largest absolute Gasteiger partial charge is 0.305 e. The second-order valence-electron chi connectivity index (χ2n) is 7.16. The Kier molecular flexibility index (Phi) is 5.02. The van der Waals surface area contributed by atoms with Crippen molar-refractivity contribution in [2.24, 2.45) is 11.3 Å². The highest BCUT2D eigenvalue weighted by atomic mass is 16.1. The lowest BCUT2D eigenvalue weighted by Gasteiger charge is -2.42. The molecule has 0 aromatic carbocycles. The normalized spacial score (nSPS) is 37.5. The summed E-state index contributed by atoms with van der Waals surface area (Å²) in [6, 6.07) is 0.667. The van der Waals surface area contributed by atoms with Crippen LogP contribution in [0.1, 0.15) is 45.4 Å². The van der Waals surface area contributed by atoms with Gasteiger partial charge in [0.05, 0.1) is 0 Å². The average molecular weight is 266 g/mol. The summed E-state index contributed by atoms with van der Waals surface area (Å²) < 4.78 is 0. The van der Waals surface area contributed by atoms with Crippen molar-refractivity contribution in [3.05, 3.63) is 0 Å². The number of hydrogen-bond donors (Lipinski definition) is 0. The number of likely N-dealkylation sites (tertiary alicyclic amines) is 1. The second kappa shape index (κ2) is 6.36. The zero-order valence-corrected chi connectivity index (χ0v) is 12.9. The monoisotopic (exact) mass is 266 g/mol. The molecule has 2 rings (SSSR count). The van der Waals surface area contributed by atoms with Gasteiger partial charge in [0.25, 0.3) is 0 Å². The van der Waals surface area contributed by atoms with Crippen LogP contribution in [0, 0.1) is 11.3 Å². The highest BCUT2D eigenvalue weighted by Crippen LogP contribution is 2.38. The lowest BCUT2D eigenvalue weighted by molar-refractivity contribution is -0.120. The van der Waals surface area contributed by atoms with Gasteiger partial charge in [-0.3, -0.25) is 0 Å². The first-order chi connectivity index (χ1) is 9.04. The van der Waals surface area contributed by atoms with Crippen molar-refractivity contribution in [1.82, 2.24) is 9.80 Å². The van der Waals surface area contributed by atoms with Crippen molar-refractivity contribution in [3.8, 4) is 0 Å². The quantitative estimate of drug-likeness (QED) is 0.730. The molecule has 1 aliphatic carbocycles. The van der Waals surface area contributed by atoms with Crippen LogP contribution in [0.15, 0.2) is 0 Å². The molecule has 0 amide bonds. The Morgan fingerprint density at radius 1 is 1.26 bits per heavy atom. The number of nitrogens with zero attached hydrogens (tertiary/aromatic N) is 2. The predicted molar refractivity (Wildman–Crippen MR) is 79.3 cm³/mol.